The van der Waals surface area contributed by atoms with Crippen molar-refractivity contribution in [2.45, 2.75) is 0 Å². The summed E-state index contributed by atoms with van der Waals surface area (Å²) in [4.78, 5) is 22.5. The molecule has 0 atom stereocenters. The van der Waals surface area contributed by atoms with Crippen molar-refractivity contribution in [3.63, 3.8) is 0 Å². The van der Waals surface area contributed by atoms with Gasteiger partial charge in [0, 0.05) is 11.3 Å². The molecule has 2 N–H and O–H groups in total. The summed E-state index contributed by atoms with van der Waals surface area (Å²) >= 11 is 0. The normalized spacial score (nSPS) is 9.95. The molecule has 0 aliphatic rings. The zero-order valence-electron chi connectivity index (χ0n) is 9.76. The quantitative estimate of drug-likeness (QED) is 0.832. The fourth-order valence-electron chi connectivity index (χ4n) is 1.62. The van der Waals surface area contributed by atoms with Gasteiger partial charge in [0.05, 0.1) is 0 Å². The van der Waals surface area contributed by atoms with Gasteiger partial charge in [0.15, 0.2) is 0 Å². The Bertz CT molecular complexity index is 620. The van der Waals surface area contributed by atoms with Crippen molar-refractivity contribution in [2.24, 2.45) is 0 Å². The van der Waals surface area contributed by atoms with Gasteiger partial charge in [-0.25, -0.2) is 4.39 Å². The Hall–Kier alpha value is -2.69. The van der Waals surface area contributed by atoms with Crippen molar-refractivity contribution >= 4 is 17.9 Å². The predicted octanol–water partition coefficient (Wildman–Crippen LogP) is 2.60. The van der Waals surface area contributed by atoms with Gasteiger partial charge in [-0.3, -0.25) is 9.59 Å². The van der Waals surface area contributed by atoms with Crippen LogP contribution in [0.15, 0.2) is 42.5 Å². The van der Waals surface area contributed by atoms with Crippen LogP contribution in [0.4, 0.5) is 10.1 Å². The van der Waals surface area contributed by atoms with Crippen LogP contribution in [0.3, 0.4) is 0 Å². The molecule has 0 unspecified atom stereocenters. The lowest BCUT2D eigenvalue weighted by atomic mass is 10.1. The predicted molar refractivity (Wildman–Crippen MR) is 67.8 cm³/mol. The van der Waals surface area contributed by atoms with Crippen molar-refractivity contribution in [3.8, 4) is 5.75 Å². The van der Waals surface area contributed by atoms with Gasteiger partial charge >= 0.3 is 0 Å². The summed E-state index contributed by atoms with van der Waals surface area (Å²) in [6.07, 6.45) is 0.635. The number of anilines is 1. The summed E-state index contributed by atoms with van der Waals surface area (Å²) in [6, 6.07) is 9.76. The van der Waals surface area contributed by atoms with Crippen LogP contribution in [0.25, 0.3) is 0 Å². The Balaban J connectivity index is 2.28. The van der Waals surface area contributed by atoms with Crippen LogP contribution in [0.2, 0.25) is 0 Å². The molecule has 0 spiro atoms. The molecule has 19 heavy (non-hydrogen) atoms. The van der Waals surface area contributed by atoms with E-state index in [2.05, 4.69) is 5.32 Å². The number of carbonyl (C=O) groups is 2. The maximum atomic E-state index is 13.5. The van der Waals surface area contributed by atoms with E-state index in [-0.39, 0.29) is 0 Å². The number of rotatable bonds is 3. The smallest absolute Gasteiger partial charge is 0.262 e. The first-order chi connectivity index (χ1) is 9.11. The maximum Gasteiger partial charge on any atom is 0.262 e. The fraction of sp³-hybridized carbons (Fsp3) is 0. The second-order valence-corrected chi connectivity index (χ2v) is 3.83. The SMILES string of the molecule is O=Cc1cccc(NC(=O)c2c(O)cccc2F)c1. The molecule has 0 aliphatic heterocycles. The molecule has 2 rings (SSSR count). The third-order valence-corrected chi connectivity index (χ3v) is 2.50. The number of nitrogens with one attached hydrogen (secondary N) is 1. The highest BCUT2D eigenvalue weighted by atomic mass is 19.1. The van der Waals surface area contributed by atoms with E-state index in [4.69, 9.17) is 0 Å². The molecule has 4 nitrogen and oxygen atoms in total. The number of aldehydes is 1. The van der Waals surface area contributed by atoms with Gasteiger partial charge in [0.2, 0.25) is 0 Å². The molecule has 2 aromatic carbocycles. The minimum Gasteiger partial charge on any atom is -0.507 e. The summed E-state index contributed by atoms with van der Waals surface area (Å²) < 4.78 is 13.5. The van der Waals surface area contributed by atoms with Gasteiger partial charge in [-0.1, -0.05) is 18.2 Å². The van der Waals surface area contributed by atoms with Gasteiger partial charge in [-0.2, -0.15) is 0 Å². The number of amides is 1. The summed E-state index contributed by atoms with van der Waals surface area (Å²) in [6.45, 7) is 0. The van der Waals surface area contributed by atoms with Crippen LogP contribution < -0.4 is 5.32 Å². The molecule has 0 fully saturated rings. The third kappa shape index (κ3) is 2.77. The van der Waals surface area contributed by atoms with Gasteiger partial charge in [0.25, 0.3) is 5.91 Å². The number of phenolic OH excluding ortho intramolecular Hbond substituents is 1. The standard InChI is InChI=1S/C14H10FNO3/c15-11-5-2-6-12(18)13(11)14(19)16-10-4-1-3-9(7-10)8-17/h1-8,18H,(H,16,19). The van der Waals surface area contributed by atoms with E-state index in [0.29, 0.717) is 17.5 Å². The molecule has 1 amide bonds. The lowest BCUT2D eigenvalue weighted by molar-refractivity contribution is 0.101. The van der Waals surface area contributed by atoms with Gasteiger partial charge in [-0.15, -0.1) is 0 Å². The van der Waals surface area contributed by atoms with Crippen LogP contribution in [-0.4, -0.2) is 17.3 Å². The number of halogens is 1. The minimum atomic E-state index is -0.816. The first-order valence-corrected chi connectivity index (χ1v) is 5.46. The second kappa shape index (κ2) is 5.30. The topological polar surface area (TPSA) is 66.4 Å². The maximum absolute atomic E-state index is 13.5. The number of phenols is 1. The Morgan fingerprint density at radius 3 is 2.63 bits per heavy atom. The van der Waals surface area contributed by atoms with Crippen molar-refractivity contribution in [3.05, 3.63) is 59.4 Å². The molecular weight excluding hydrogens is 249 g/mol. The Kier molecular flexibility index (Phi) is 3.56. The molecule has 0 aliphatic carbocycles. The van der Waals surface area contributed by atoms with Crippen molar-refractivity contribution < 1.29 is 19.1 Å². The number of aromatic hydroxyl groups is 1. The van der Waals surface area contributed by atoms with Crippen LogP contribution in [0.1, 0.15) is 20.7 Å². The van der Waals surface area contributed by atoms with E-state index in [1.54, 1.807) is 18.2 Å². The third-order valence-electron chi connectivity index (χ3n) is 2.50. The molecule has 0 saturated carbocycles. The molecule has 0 aromatic heterocycles. The highest BCUT2D eigenvalue weighted by Gasteiger charge is 2.16. The number of hydrogen-bond acceptors (Lipinski definition) is 3. The van der Waals surface area contributed by atoms with E-state index in [0.717, 1.165) is 6.07 Å². The lowest BCUT2D eigenvalue weighted by Gasteiger charge is -2.08. The highest BCUT2D eigenvalue weighted by molar-refractivity contribution is 6.06. The van der Waals surface area contributed by atoms with Gasteiger partial charge < -0.3 is 10.4 Å². The second-order valence-electron chi connectivity index (χ2n) is 3.83. The number of carbonyl (C=O) groups excluding carboxylic acids is 2. The van der Waals surface area contributed by atoms with Gasteiger partial charge in [-0.05, 0) is 24.3 Å². The van der Waals surface area contributed by atoms with E-state index in [1.807, 2.05) is 0 Å². The van der Waals surface area contributed by atoms with E-state index < -0.39 is 23.0 Å². The molecule has 96 valence electrons. The van der Waals surface area contributed by atoms with Crippen molar-refractivity contribution in [1.29, 1.82) is 0 Å². The molecule has 0 radical (unpaired) electrons. The molecule has 0 saturated heterocycles. The van der Waals surface area contributed by atoms with Crippen LogP contribution in [0, 0.1) is 5.82 Å². The van der Waals surface area contributed by atoms with Crippen LogP contribution >= 0.6 is 0 Å². The first-order valence-electron chi connectivity index (χ1n) is 5.46. The van der Waals surface area contributed by atoms with Gasteiger partial charge in [0.1, 0.15) is 23.4 Å². The average molecular weight is 259 g/mol. The summed E-state index contributed by atoms with van der Waals surface area (Å²) in [5.41, 5.74) is 0.298. The number of benzene rings is 2. The molecule has 0 heterocycles. The Morgan fingerprint density at radius 1 is 1.21 bits per heavy atom. The van der Waals surface area contributed by atoms with Crippen molar-refractivity contribution in [1.82, 2.24) is 0 Å². The van der Waals surface area contributed by atoms with Crippen LogP contribution in [-0.2, 0) is 0 Å². The molecule has 5 heteroatoms. The van der Waals surface area contributed by atoms with Crippen molar-refractivity contribution in [2.75, 3.05) is 5.32 Å². The monoisotopic (exact) mass is 259 g/mol. The molecule has 2 aromatic rings. The number of hydrogen-bond donors (Lipinski definition) is 2. The highest BCUT2D eigenvalue weighted by Crippen LogP contribution is 2.21. The lowest BCUT2D eigenvalue weighted by Crippen LogP contribution is -2.14. The van der Waals surface area contributed by atoms with E-state index in [9.17, 15) is 19.1 Å². The van der Waals surface area contributed by atoms with Crippen LogP contribution in [0.5, 0.6) is 5.75 Å². The fourth-order valence-corrected chi connectivity index (χ4v) is 1.62. The zero-order valence-corrected chi connectivity index (χ0v) is 9.76. The zero-order chi connectivity index (χ0) is 13.8. The Morgan fingerprint density at radius 2 is 1.95 bits per heavy atom. The molecule has 0 bridgehead atoms. The molecular formula is C14H10FNO3. The minimum absolute atomic E-state index is 0.345. The summed E-state index contributed by atoms with van der Waals surface area (Å²) in [5.74, 6) is -2.04. The largest absolute Gasteiger partial charge is 0.507 e. The van der Waals surface area contributed by atoms with E-state index >= 15 is 0 Å². The Labute approximate surface area is 108 Å². The summed E-state index contributed by atoms with van der Waals surface area (Å²) in [5, 5.41) is 11.9. The van der Waals surface area contributed by atoms with E-state index in [1.165, 1.54) is 18.2 Å². The average Bonchev–Trinajstić information content (AvgIpc) is 2.38. The first kappa shape index (κ1) is 12.8. The summed E-state index contributed by atoms with van der Waals surface area (Å²) in [7, 11) is 0.